The van der Waals surface area contributed by atoms with Gasteiger partial charge in [0.15, 0.2) is 0 Å². The molecule has 0 saturated heterocycles. The van der Waals surface area contributed by atoms with Crippen molar-refractivity contribution in [2.75, 3.05) is 0 Å². The number of aromatic nitrogens is 1. The molecule has 2 aromatic carbocycles. The number of benzene rings is 2. The van der Waals surface area contributed by atoms with Crippen molar-refractivity contribution in [1.82, 2.24) is 4.98 Å². The van der Waals surface area contributed by atoms with E-state index in [1.165, 1.54) is 0 Å². The monoisotopic (exact) mass is 330 g/mol. The quantitative estimate of drug-likeness (QED) is 0.432. The number of alkyl halides is 1. The molecule has 5 heteroatoms. The Labute approximate surface area is 123 Å². The largest absolute Gasteiger partial charge is 0.355 e. The van der Waals surface area contributed by atoms with Gasteiger partial charge in [0.05, 0.1) is 4.92 Å². The molecule has 3 aromatic rings. The molecule has 0 aliphatic rings. The van der Waals surface area contributed by atoms with Gasteiger partial charge < -0.3 is 4.98 Å². The van der Waals surface area contributed by atoms with Crippen LogP contribution in [0.15, 0.2) is 48.7 Å². The molecule has 0 bridgehead atoms. The maximum absolute atomic E-state index is 11.2. The van der Waals surface area contributed by atoms with Crippen LogP contribution in [-0.2, 0) is 5.33 Å². The minimum absolute atomic E-state index is 0.110. The molecule has 0 saturated carbocycles. The Hall–Kier alpha value is -2.14. The highest BCUT2D eigenvalue weighted by Crippen LogP contribution is 2.34. The van der Waals surface area contributed by atoms with Crippen LogP contribution in [0.1, 0.15) is 5.56 Å². The molecule has 20 heavy (non-hydrogen) atoms. The molecule has 0 fully saturated rings. The number of non-ortho nitro benzene ring substituents is 1. The number of halogens is 1. The highest BCUT2D eigenvalue weighted by Gasteiger charge is 2.17. The van der Waals surface area contributed by atoms with Gasteiger partial charge in [0.2, 0.25) is 0 Å². The fourth-order valence-corrected chi connectivity index (χ4v) is 2.67. The van der Waals surface area contributed by atoms with Gasteiger partial charge in [0.25, 0.3) is 5.69 Å². The van der Waals surface area contributed by atoms with E-state index in [2.05, 4.69) is 20.9 Å². The SMILES string of the molecule is O=[N+]([O-])c1cc(CBr)cc2c(-c3ccccc3)c[nH]c12. The standard InChI is InChI=1S/C15H11BrN2O2/c16-8-10-6-12-13(11-4-2-1-3-5-11)9-17-15(12)14(7-10)18(19)20/h1-7,9,17H,8H2. The lowest BCUT2D eigenvalue weighted by Crippen LogP contribution is -1.91. The zero-order chi connectivity index (χ0) is 14.1. The summed E-state index contributed by atoms with van der Waals surface area (Å²) in [4.78, 5) is 13.9. The summed E-state index contributed by atoms with van der Waals surface area (Å²) < 4.78 is 0. The van der Waals surface area contributed by atoms with E-state index in [1.54, 1.807) is 6.07 Å². The number of nitrogens with zero attached hydrogens (tertiary/aromatic N) is 1. The summed E-state index contributed by atoms with van der Waals surface area (Å²) in [5.41, 5.74) is 3.59. The first-order valence-electron chi connectivity index (χ1n) is 6.10. The van der Waals surface area contributed by atoms with Gasteiger partial charge in [-0.2, -0.15) is 0 Å². The van der Waals surface area contributed by atoms with Crippen molar-refractivity contribution < 1.29 is 4.92 Å². The lowest BCUT2D eigenvalue weighted by molar-refractivity contribution is -0.383. The molecule has 0 spiro atoms. The molecule has 1 heterocycles. The van der Waals surface area contributed by atoms with E-state index in [0.717, 1.165) is 22.1 Å². The van der Waals surface area contributed by atoms with Crippen molar-refractivity contribution in [3.8, 4) is 11.1 Å². The fraction of sp³-hybridized carbons (Fsp3) is 0.0667. The van der Waals surface area contributed by atoms with Gasteiger partial charge in [0.1, 0.15) is 5.52 Å². The van der Waals surface area contributed by atoms with Gasteiger partial charge in [-0.3, -0.25) is 10.1 Å². The molecule has 1 aromatic heterocycles. The summed E-state index contributed by atoms with van der Waals surface area (Å²) in [5.74, 6) is 0. The van der Waals surface area contributed by atoms with Crippen molar-refractivity contribution in [3.63, 3.8) is 0 Å². The number of H-pyrrole nitrogens is 1. The third kappa shape index (κ3) is 2.10. The topological polar surface area (TPSA) is 58.9 Å². The van der Waals surface area contributed by atoms with Gasteiger partial charge in [-0.25, -0.2) is 0 Å². The van der Waals surface area contributed by atoms with Crippen LogP contribution in [0.4, 0.5) is 5.69 Å². The van der Waals surface area contributed by atoms with Crippen molar-refractivity contribution in [2.24, 2.45) is 0 Å². The van der Waals surface area contributed by atoms with Crippen molar-refractivity contribution in [1.29, 1.82) is 0 Å². The maximum Gasteiger partial charge on any atom is 0.293 e. The predicted molar refractivity (Wildman–Crippen MR) is 83.0 cm³/mol. The van der Waals surface area contributed by atoms with Crippen LogP contribution in [-0.4, -0.2) is 9.91 Å². The number of hydrogen-bond acceptors (Lipinski definition) is 2. The van der Waals surface area contributed by atoms with E-state index in [-0.39, 0.29) is 10.6 Å². The lowest BCUT2D eigenvalue weighted by Gasteiger charge is -2.02. The Bertz CT molecular complexity index is 781. The summed E-state index contributed by atoms with van der Waals surface area (Å²) in [6.45, 7) is 0. The Kier molecular flexibility index (Phi) is 3.28. The normalized spacial score (nSPS) is 10.8. The highest BCUT2D eigenvalue weighted by molar-refractivity contribution is 9.08. The average Bonchev–Trinajstić information content (AvgIpc) is 2.90. The molecule has 3 rings (SSSR count). The van der Waals surface area contributed by atoms with E-state index >= 15 is 0 Å². The summed E-state index contributed by atoms with van der Waals surface area (Å²) in [6.07, 6.45) is 1.82. The second kappa shape index (κ2) is 5.09. The Morgan fingerprint density at radius 2 is 1.95 bits per heavy atom. The molecule has 0 atom stereocenters. The molecule has 0 aliphatic carbocycles. The van der Waals surface area contributed by atoms with Gasteiger partial charge in [-0.05, 0) is 17.2 Å². The van der Waals surface area contributed by atoms with E-state index in [0.29, 0.717) is 10.8 Å². The summed E-state index contributed by atoms with van der Waals surface area (Å²) in [6, 6.07) is 13.4. The van der Waals surface area contributed by atoms with Gasteiger partial charge >= 0.3 is 0 Å². The number of nitro benzene ring substituents is 1. The first-order valence-corrected chi connectivity index (χ1v) is 7.22. The second-order valence-electron chi connectivity index (χ2n) is 4.50. The van der Waals surface area contributed by atoms with Gasteiger partial charge in [0, 0.05) is 28.5 Å². The summed E-state index contributed by atoms with van der Waals surface area (Å²) in [5, 5.41) is 12.7. The van der Waals surface area contributed by atoms with Gasteiger partial charge in [-0.15, -0.1) is 0 Å². The van der Waals surface area contributed by atoms with Crippen LogP contribution in [0.3, 0.4) is 0 Å². The van der Waals surface area contributed by atoms with E-state index < -0.39 is 0 Å². The third-order valence-corrected chi connectivity index (χ3v) is 3.91. The molecule has 0 radical (unpaired) electrons. The molecular formula is C15H11BrN2O2. The Morgan fingerprint density at radius 1 is 1.20 bits per heavy atom. The summed E-state index contributed by atoms with van der Waals surface area (Å²) >= 11 is 3.36. The van der Waals surface area contributed by atoms with Crippen LogP contribution >= 0.6 is 15.9 Å². The number of rotatable bonds is 3. The lowest BCUT2D eigenvalue weighted by atomic mass is 10.0. The van der Waals surface area contributed by atoms with Crippen molar-refractivity contribution in [3.05, 3.63) is 64.3 Å². The van der Waals surface area contributed by atoms with Crippen LogP contribution < -0.4 is 0 Å². The van der Waals surface area contributed by atoms with Crippen LogP contribution in [0.5, 0.6) is 0 Å². The highest BCUT2D eigenvalue weighted by atomic mass is 79.9. The number of hydrogen-bond donors (Lipinski definition) is 1. The zero-order valence-corrected chi connectivity index (χ0v) is 12.1. The van der Waals surface area contributed by atoms with Crippen LogP contribution in [0, 0.1) is 10.1 Å². The van der Waals surface area contributed by atoms with Crippen LogP contribution in [0.25, 0.3) is 22.0 Å². The molecule has 1 N–H and O–H groups in total. The van der Waals surface area contributed by atoms with Crippen molar-refractivity contribution in [2.45, 2.75) is 5.33 Å². The minimum Gasteiger partial charge on any atom is -0.355 e. The Morgan fingerprint density at radius 3 is 2.60 bits per heavy atom. The number of fused-ring (bicyclic) bond motifs is 1. The Balaban J connectivity index is 2.31. The summed E-state index contributed by atoms with van der Waals surface area (Å²) in [7, 11) is 0. The molecule has 0 aliphatic heterocycles. The predicted octanol–water partition coefficient (Wildman–Crippen LogP) is 4.64. The molecular weight excluding hydrogens is 320 g/mol. The van der Waals surface area contributed by atoms with Crippen molar-refractivity contribution >= 4 is 32.5 Å². The third-order valence-electron chi connectivity index (χ3n) is 3.26. The molecule has 100 valence electrons. The molecule has 0 amide bonds. The van der Waals surface area contributed by atoms with Gasteiger partial charge in [-0.1, -0.05) is 46.3 Å². The number of aromatic amines is 1. The maximum atomic E-state index is 11.2. The van der Waals surface area contributed by atoms with E-state index in [1.807, 2.05) is 42.6 Å². The molecule has 0 unspecified atom stereocenters. The first kappa shape index (κ1) is 12.9. The van der Waals surface area contributed by atoms with E-state index in [9.17, 15) is 10.1 Å². The second-order valence-corrected chi connectivity index (χ2v) is 5.06. The molecule has 4 nitrogen and oxygen atoms in total. The number of nitro groups is 1. The zero-order valence-electron chi connectivity index (χ0n) is 10.5. The first-order chi connectivity index (χ1) is 9.70. The number of nitrogens with one attached hydrogen (secondary N) is 1. The fourth-order valence-electron chi connectivity index (χ4n) is 2.35. The average molecular weight is 331 g/mol. The smallest absolute Gasteiger partial charge is 0.293 e. The van der Waals surface area contributed by atoms with Crippen LogP contribution in [0.2, 0.25) is 0 Å². The van der Waals surface area contributed by atoms with E-state index in [4.69, 9.17) is 0 Å². The minimum atomic E-state index is -0.347.